The lowest BCUT2D eigenvalue weighted by Crippen LogP contribution is -2.51. The molecule has 1 saturated carbocycles. The van der Waals surface area contributed by atoms with Crippen LogP contribution in [0.4, 0.5) is 0 Å². The van der Waals surface area contributed by atoms with E-state index in [2.05, 4.69) is 11.8 Å². The first kappa shape index (κ1) is 9.00. The Morgan fingerprint density at radius 1 is 1.38 bits per heavy atom. The quantitative estimate of drug-likeness (QED) is 0.702. The molecule has 74 valence electrons. The molecule has 2 aliphatic rings. The number of nitrogens with zero attached hydrogens (tertiary/aromatic N) is 1. The molecule has 0 aromatic heterocycles. The lowest BCUT2D eigenvalue weighted by Gasteiger charge is -2.42. The molecule has 13 heavy (non-hydrogen) atoms. The van der Waals surface area contributed by atoms with Gasteiger partial charge in [-0.2, -0.15) is 0 Å². The molecule has 1 heterocycles. The molecule has 2 fully saturated rings. The third-order valence-corrected chi connectivity index (χ3v) is 3.59. The number of likely N-dealkylation sites (tertiary alicyclic amines) is 1. The fraction of sp³-hybridized carbons (Fsp3) is 0.900. The van der Waals surface area contributed by atoms with Crippen molar-refractivity contribution in [2.45, 2.75) is 44.7 Å². The Bertz CT molecular complexity index is 217. The average molecular weight is 183 g/mol. The minimum absolute atomic E-state index is 0.0828. The molecule has 1 aliphatic carbocycles. The predicted molar refractivity (Wildman–Crippen MR) is 49.5 cm³/mol. The van der Waals surface area contributed by atoms with Crippen molar-refractivity contribution in [2.24, 2.45) is 5.92 Å². The maximum Gasteiger partial charge on any atom is 0.308 e. The maximum absolute atomic E-state index is 10.8. The minimum Gasteiger partial charge on any atom is -0.481 e. The lowest BCUT2D eigenvalue weighted by atomic mass is 9.78. The molecule has 0 spiro atoms. The summed E-state index contributed by atoms with van der Waals surface area (Å²) in [6.45, 7) is 3.32. The standard InChI is InChI=1S/C10H17NO2/c1-7-3-2-6-11(7)9-5-4-8(9)10(12)13/h7-9H,2-6H2,1H3,(H,12,13). The molecule has 0 aromatic rings. The number of hydrogen-bond acceptors (Lipinski definition) is 2. The number of hydrogen-bond donors (Lipinski definition) is 1. The Kier molecular flexibility index (Phi) is 2.28. The smallest absolute Gasteiger partial charge is 0.308 e. The van der Waals surface area contributed by atoms with Gasteiger partial charge in [0.2, 0.25) is 0 Å². The molecule has 3 nitrogen and oxygen atoms in total. The van der Waals surface area contributed by atoms with Gasteiger partial charge in [0, 0.05) is 12.1 Å². The fourth-order valence-corrected chi connectivity index (χ4v) is 2.62. The number of carboxylic acids is 1. The van der Waals surface area contributed by atoms with Gasteiger partial charge < -0.3 is 5.11 Å². The molecule has 2 rings (SSSR count). The highest BCUT2D eigenvalue weighted by Crippen LogP contribution is 2.36. The summed E-state index contributed by atoms with van der Waals surface area (Å²) < 4.78 is 0. The molecule has 1 aliphatic heterocycles. The molecule has 0 bridgehead atoms. The monoisotopic (exact) mass is 183 g/mol. The van der Waals surface area contributed by atoms with Crippen molar-refractivity contribution >= 4 is 5.97 Å². The third kappa shape index (κ3) is 1.46. The van der Waals surface area contributed by atoms with Gasteiger partial charge in [-0.3, -0.25) is 9.69 Å². The summed E-state index contributed by atoms with van der Waals surface area (Å²) in [5.41, 5.74) is 0. The van der Waals surface area contributed by atoms with E-state index in [1.54, 1.807) is 0 Å². The van der Waals surface area contributed by atoms with Crippen molar-refractivity contribution in [3.63, 3.8) is 0 Å². The van der Waals surface area contributed by atoms with E-state index in [0.717, 1.165) is 19.4 Å². The summed E-state index contributed by atoms with van der Waals surface area (Å²) >= 11 is 0. The largest absolute Gasteiger partial charge is 0.481 e. The van der Waals surface area contributed by atoms with Gasteiger partial charge in [0.15, 0.2) is 0 Å². The predicted octanol–water partition coefficient (Wildman–Crippen LogP) is 1.33. The van der Waals surface area contributed by atoms with Crippen LogP contribution in [0, 0.1) is 5.92 Å². The van der Waals surface area contributed by atoms with Crippen LogP contribution in [0.3, 0.4) is 0 Å². The first-order chi connectivity index (χ1) is 6.20. The van der Waals surface area contributed by atoms with Gasteiger partial charge >= 0.3 is 5.97 Å². The van der Waals surface area contributed by atoms with Gasteiger partial charge in [-0.25, -0.2) is 0 Å². The van der Waals surface area contributed by atoms with E-state index < -0.39 is 5.97 Å². The molecule has 0 radical (unpaired) electrons. The summed E-state index contributed by atoms with van der Waals surface area (Å²) in [5, 5.41) is 8.92. The highest BCUT2D eigenvalue weighted by atomic mass is 16.4. The highest BCUT2D eigenvalue weighted by Gasteiger charge is 2.42. The maximum atomic E-state index is 10.8. The van der Waals surface area contributed by atoms with Gasteiger partial charge in [0.05, 0.1) is 5.92 Å². The van der Waals surface area contributed by atoms with Crippen molar-refractivity contribution in [3.05, 3.63) is 0 Å². The van der Waals surface area contributed by atoms with Crippen molar-refractivity contribution in [2.75, 3.05) is 6.54 Å². The van der Waals surface area contributed by atoms with Crippen LogP contribution in [0.2, 0.25) is 0 Å². The number of carboxylic acid groups (broad SMARTS) is 1. The zero-order chi connectivity index (χ0) is 9.42. The third-order valence-electron chi connectivity index (χ3n) is 3.59. The number of aliphatic carboxylic acids is 1. The van der Waals surface area contributed by atoms with Crippen molar-refractivity contribution in [1.82, 2.24) is 4.90 Å². The minimum atomic E-state index is -0.602. The molecular weight excluding hydrogens is 166 g/mol. The van der Waals surface area contributed by atoms with Gasteiger partial charge in [-0.05, 0) is 39.2 Å². The van der Waals surface area contributed by atoms with Crippen molar-refractivity contribution in [1.29, 1.82) is 0 Å². The Labute approximate surface area is 78.7 Å². The second-order valence-corrected chi connectivity index (χ2v) is 4.32. The fourth-order valence-electron chi connectivity index (χ4n) is 2.62. The van der Waals surface area contributed by atoms with Crippen LogP contribution in [-0.4, -0.2) is 34.6 Å². The van der Waals surface area contributed by atoms with E-state index >= 15 is 0 Å². The van der Waals surface area contributed by atoms with Crippen LogP contribution in [0.1, 0.15) is 32.6 Å². The molecule has 3 unspecified atom stereocenters. The topological polar surface area (TPSA) is 40.5 Å². The van der Waals surface area contributed by atoms with Crippen LogP contribution < -0.4 is 0 Å². The van der Waals surface area contributed by atoms with E-state index in [1.807, 2.05) is 0 Å². The molecule has 3 heteroatoms. The SMILES string of the molecule is CC1CCCN1C1CCC1C(=O)O. The summed E-state index contributed by atoms with van der Waals surface area (Å²) in [6.07, 6.45) is 4.44. The van der Waals surface area contributed by atoms with Crippen LogP contribution in [-0.2, 0) is 4.79 Å². The number of rotatable bonds is 2. The Morgan fingerprint density at radius 3 is 2.54 bits per heavy atom. The van der Waals surface area contributed by atoms with E-state index in [4.69, 9.17) is 5.11 Å². The van der Waals surface area contributed by atoms with Crippen LogP contribution >= 0.6 is 0 Å². The van der Waals surface area contributed by atoms with E-state index in [9.17, 15) is 4.79 Å². The van der Waals surface area contributed by atoms with Gasteiger partial charge in [-0.15, -0.1) is 0 Å². The normalized spacial score (nSPS) is 40.2. The van der Waals surface area contributed by atoms with Crippen LogP contribution in [0.5, 0.6) is 0 Å². The van der Waals surface area contributed by atoms with Gasteiger partial charge in [0.25, 0.3) is 0 Å². The molecule has 0 amide bonds. The highest BCUT2D eigenvalue weighted by molar-refractivity contribution is 5.72. The summed E-state index contributed by atoms with van der Waals surface area (Å²) in [5.74, 6) is -0.684. The average Bonchev–Trinajstić information content (AvgIpc) is 2.33. The summed E-state index contributed by atoms with van der Waals surface area (Å²) in [7, 11) is 0. The number of carbonyl (C=O) groups is 1. The Morgan fingerprint density at radius 2 is 2.15 bits per heavy atom. The second-order valence-electron chi connectivity index (χ2n) is 4.32. The second kappa shape index (κ2) is 3.29. The summed E-state index contributed by atoms with van der Waals surface area (Å²) in [6, 6.07) is 0.946. The van der Waals surface area contributed by atoms with Gasteiger partial charge in [0.1, 0.15) is 0 Å². The Balaban J connectivity index is 1.97. The van der Waals surface area contributed by atoms with Crippen LogP contribution in [0.25, 0.3) is 0 Å². The van der Waals surface area contributed by atoms with E-state index in [0.29, 0.717) is 12.1 Å². The van der Waals surface area contributed by atoms with Crippen molar-refractivity contribution in [3.8, 4) is 0 Å². The first-order valence-electron chi connectivity index (χ1n) is 5.18. The first-order valence-corrected chi connectivity index (χ1v) is 5.18. The molecule has 1 N–H and O–H groups in total. The molecular formula is C10H17NO2. The van der Waals surface area contributed by atoms with Crippen LogP contribution in [0.15, 0.2) is 0 Å². The molecule has 3 atom stereocenters. The zero-order valence-corrected chi connectivity index (χ0v) is 8.07. The van der Waals surface area contributed by atoms with E-state index in [1.165, 1.54) is 12.8 Å². The Hall–Kier alpha value is -0.570. The molecule has 1 saturated heterocycles. The zero-order valence-electron chi connectivity index (χ0n) is 8.07. The van der Waals surface area contributed by atoms with E-state index in [-0.39, 0.29) is 5.92 Å². The summed E-state index contributed by atoms with van der Waals surface area (Å²) in [4.78, 5) is 13.2. The van der Waals surface area contributed by atoms with Gasteiger partial charge in [-0.1, -0.05) is 0 Å². The lowest BCUT2D eigenvalue weighted by molar-refractivity contribution is -0.149. The van der Waals surface area contributed by atoms with Crippen molar-refractivity contribution < 1.29 is 9.90 Å². The molecule has 0 aromatic carbocycles.